The van der Waals surface area contributed by atoms with Gasteiger partial charge in [-0.2, -0.15) is 0 Å². The monoisotopic (exact) mass is 586 g/mol. The zero-order valence-electron chi connectivity index (χ0n) is 24.5. The van der Waals surface area contributed by atoms with Crippen molar-refractivity contribution < 1.29 is 57.1 Å². The first-order chi connectivity index (χ1) is 19.7. The minimum Gasteiger partial charge on any atom is -0.465 e. The maximum atomic E-state index is 12.3. The molecule has 1 aliphatic rings. The number of esters is 5. The van der Waals surface area contributed by atoms with Crippen molar-refractivity contribution in [2.75, 3.05) is 13.7 Å². The minimum atomic E-state index is -1.82. The number of hydrogen-bond acceptors (Lipinski definition) is 12. The Hall–Kier alpha value is -4.45. The van der Waals surface area contributed by atoms with Crippen LogP contribution in [0.1, 0.15) is 50.5 Å². The number of rotatable bonds is 9. The van der Waals surface area contributed by atoms with Crippen LogP contribution in [-0.4, -0.2) is 73.8 Å². The molecule has 0 saturated carbocycles. The molecule has 0 aromatic heterocycles. The van der Waals surface area contributed by atoms with Gasteiger partial charge in [0.1, 0.15) is 18.5 Å². The Kier molecular flexibility index (Phi) is 10.3. The molecular weight excluding hydrogens is 552 g/mol. The van der Waals surface area contributed by atoms with Crippen LogP contribution in [0.2, 0.25) is 0 Å². The van der Waals surface area contributed by atoms with E-state index < -0.39 is 60.0 Å². The number of hydrogen-bond donors (Lipinski definition) is 0. The number of carbonyl (C=O) groups is 5. The molecule has 12 heteroatoms. The summed E-state index contributed by atoms with van der Waals surface area (Å²) < 4.78 is 38.9. The highest BCUT2D eigenvalue weighted by Crippen LogP contribution is 2.39. The number of carbonyl (C=O) groups excluding carboxylic acids is 5. The van der Waals surface area contributed by atoms with Gasteiger partial charge in [0.2, 0.25) is 11.9 Å². The zero-order chi connectivity index (χ0) is 31.2. The molecule has 1 aliphatic heterocycles. The molecule has 3 rings (SSSR count). The van der Waals surface area contributed by atoms with Gasteiger partial charge in [-0.1, -0.05) is 18.2 Å². The third-order valence-electron chi connectivity index (χ3n) is 6.43. The second kappa shape index (κ2) is 13.5. The van der Waals surface area contributed by atoms with Gasteiger partial charge in [0.25, 0.3) is 0 Å². The first-order valence-electron chi connectivity index (χ1n) is 13.0. The summed E-state index contributed by atoms with van der Waals surface area (Å²) in [5.74, 6) is -3.00. The standard InChI is InChI=1S/C30H34O12/c1-16-13-22(21-9-8-10-23(14-21)28(35)36-7)11-12-24(16)40-29-30(6,42-20(5)34)27(39-19(4)33)26(38-18(3)32)25(41-29)15-37-17(2)31/h8-14,25-27,29H,15H2,1-7H3. The molecule has 0 spiro atoms. The Morgan fingerprint density at radius 2 is 1.52 bits per heavy atom. The molecule has 5 atom stereocenters. The Morgan fingerprint density at radius 1 is 0.857 bits per heavy atom. The van der Waals surface area contributed by atoms with Crippen molar-refractivity contribution in [2.45, 2.75) is 71.7 Å². The van der Waals surface area contributed by atoms with Gasteiger partial charge in [0, 0.05) is 27.7 Å². The Balaban J connectivity index is 2.03. The van der Waals surface area contributed by atoms with Crippen molar-refractivity contribution >= 4 is 29.8 Å². The number of benzene rings is 2. The summed E-state index contributed by atoms with van der Waals surface area (Å²) in [5.41, 5.74) is 0.751. The maximum Gasteiger partial charge on any atom is 0.337 e. The molecule has 1 fully saturated rings. The normalized spacial score (nSPS) is 23.2. The quantitative estimate of drug-likeness (QED) is 0.313. The molecule has 0 aliphatic carbocycles. The highest BCUT2D eigenvalue weighted by molar-refractivity contribution is 5.91. The zero-order valence-corrected chi connectivity index (χ0v) is 24.5. The van der Waals surface area contributed by atoms with Crippen LogP contribution in [0.3, 0.4) is 0 Å². The summed E-state index contributed by atoms with van der Waals surface area (Å²) in [5, 5.41) is 0. The molecule has 0 radical (unpaired) electrons. The van der Waals surface area contributed by atoms with Crippen molar-refractivity contribution in [3.05, 3.63) is 53.6 Å². The van der Waals surface area contributed by atoms with Gasteiger partial charge in [-0.3, -0.25) is 19.2 Å². The maximum absolute atomic E-state index is 12.3. The highest BCUT2D eigenvalue weighted by atomic mass is 16.7. The van der Waals surface area contributed by atoms with E-state index in [1.165, 1.54) is 21.0 Å². The molecule has 0 amide bonds. The summed E-state index contributed by atoms with van der Waals surface area (Å²) in [6, 6.07) is 12.1. The SMILES string of the molecule is COC(=O)c1cccc(-c2ccc(OC3OC(COC(C)=O)C(OC(C)=O)C(OC(C)=O)C3(C)OC(C)=O)c(C)c2)c1. The van der Waals surface area contributed by atoms with E-state index in [1.807, 2.05) is 12.1 Å². The Bertz CT molecular complexity index is 1350. The van der Waals surface area contributed by atoms with Crippen molar-refractivity contribution in [3.8, 4) is 16.9 Å². The largest absolute Gasteiger partial charge is 0.465 e. The smallest absolute Gasteiger partial charge is 0.337 e. The lowest BCUT2D eigenvalue weighted by atomic mass is 9.87. The van der Waals surface area contributed by atoms with Gasteiger partial charge >= 0.3 is 29.8 Å². The van der Waals surface area contributed by atoms with Crippen LogP contribution in [0, 0.1) is 6.92 Å². The van der Waals surface area contributed by atoms with Crippen molar-refractivity contribution in [2.24, 2.45) is 0 Å². The summed E-state index contributed by atoms with van der Waals surface area (Å²) >= 11 is 0. The third-order valence-corrected chi connectivity index (χ3v) is 6.43. The molecule has 1 saturated heterocycles. The molecule has 42 heavy (non-hydrogen) atoms. The first kappa shape index (κ1) is 32.1. The van der Waals surface area contributed by atoms with E-state index in [-0.39, 0.29) is 6.61 Å². The predicted octanol–water partition coefficient (Wildman–Crippen LogP) is 3.30. The second-order valence-electron chi connectivity index (χ2n) is 9.86. The van der Waals surface area contributed by atoms with Crippen LogP contribution in [0.5, 0.6) is 5.75 Å². The molecular formula is C30H34O12. The predicted molar refractivity (Wildman–Crippen MR) is 145 cm³/mol. The lowest BCUT2D eigenvalue weighted by Gasteiger charge is -2.49. The lowest BCUT2D eigenvalue weighted by molar-refractivity contribution is -0.321. The third kappa shape index (κ3) is 7.64. The molecule has 2 aromatic rings. The van der Waals surface area contributed by atoms with Crippen LogP contribution in [0.25, 0.3) is 11.1 Å². The molecule has 0 N–H and O–H groups in total. The van der Waals surface area contributed by atoms with Crippen molar-refractivity contribution in [1.29, 1.82) is 0 Å². The summed E-state index contributed by atoms with van der Waals surface area (Å²) in [4.78, 5) is 60.0. The van der Waals surface area contributed by atoms with Gasteiger partial charge in [0.05, 0.1) is 12.7 Å². The summed E-state index contributed by atoms with van der Waals surface area (Å²) in [6.45, 7) is 7.45. The number of methoxy groups -OCH3 is 1. The Labute approximate surface area is 243 Å². The minimum absolute atomic E-state index is 0.324. The summed E-state index contributed by atoms with van der Waals surface area (Å²) in [6.07, 6.45) is -5.29. The Morgan fingerprint density at radius 3 is 2.10 bits per heavy atom. The van der Waals surface area contributed by atoms with Crippen LogP contribution < -0.4 is 4.74 Å². The van der Waals surface area contributed by atoms with Crippen LogP contribution in [0.4, 0.5) is 0 Å². The van der Waals surface area contributed by atoms with E-state index >= 15 is 0 Å². The van der Waals surface area contributed by atoms with Gasteiger partial charge < -0.3 is 33.2 Å². The highest BCUT2D eigenvalue weighted by Gasteiger charge is 2.61. The molecule has 0 bridgehead atoms. The van der Waals surface area contributed by atoms with E-state index in [0.717, 1.165) is 31.9 Å². The fourth-order valence-corrected chi connectivity index (χ4v) is 4.63. The average Bonchev–Trinajstić information content (AvgIpc) is 2.91. The van der Waals surface area contributed by atoms with E-state index in [2.05, 4.69) is 0 Å². The van der Waals surface area contributed by atoms with Crippen LogP contribution in [0.15, 0.2) is 42.5 Å². The van der Waals surface area contributed by atoms with Gasteiger partial charge in [-0.15, -0.1) is 0 Å². The fourth-order valence-electron chi connectivity index (χ4n) is 4.63. The molecule has 5 unspecified atom stereocenters. The molecule has 12 nitrogen and oxygen atoms in total. The molecule has 2 aromatic carbocycles. The number of aryl methyl sites for hydroxylation is 1. The average molecular weight is 587 g/mol. The van der Waals surface area contributed by atoms with E-state index in [0.29, 0.717) is 16.9 Å². The molecule has 226 valence electrons. The number of ether oxygens (including phenoxy) is 7. The van der Waals surface area contributed by atoms with Crippen LogP contribution in [-0.2, 0) is 47.6 Å². The van der Waals surface area contributed by atoms with Gasteiger partial charge in [-0.25, -0.2) is 4.79 Å². The topological polar surface area (TPSA) is 150 Å². The summed E-state index contributed by atoms with van der Waals surface area (Å²) in [7, 11) is 1.31. The fraction of sp³-hybridized carbons (Fsp3) is 0.433. The first-order valence-corrected chi connectivity index (χ1v) is 13.0. The second-order valence-corrected chi connectivity index (χ2v) is 9.86. The van der Waals surface area contributed by atoms with Gasteiger partial charge in [-0.05, 0) is 54.8 Å². The van der Waals surface area contributed by atoms with Crippen molar-refractivity contribution in [3.63, 3.8) is 0 Å². The van der Waals surface area contributed by atoms with E-state index in [1.54, 1.807) is 37.3 Å². The van der Waals surface area contributed by atoms with E-state index in [9.17, 15) is 24.0 Å². The van der Waals surface area contributed by atoms with Crippen molar-refractivity contribution in [1.82, 2.24) is 0 Å². The van der Waals surface area contributed by atoms with E-state index in [4.69, 9.17) is 33.2 Å². The van der Waals surface area contributed by atoms with Crippen LogP contribution >= 0.6 is 0 Å². The molecule has 1 heterocycles. The lowest BCUT2D eigenvalue weighted by Crippen LogP contribution is -2.70. The van der Waals surface area contributed by atoms with Gasteiger partial charge in [0.15, 0.2) is 12.2 Å².